The second kappa shape index (κ2) is 7.17. The molecule has 0 saturated heterocycles. The third kappa shape index (κ3) is 3.74. The number of carbonyl (C=O) groups excluding carboxylic acids is 1. The Hall–Kier alpha value is -2.82. The minimum atomic E-state index is -0.134. The van der Waals surface area contributed by atoms with E-state index in [0.29, 0.717) is 12.3 Å². The van der Waals surface area contributed by atoms with Gasteiger partial charge in [0, 0.05) is 12.2 Å². The summed E-state index contributed by atoms with van der Waals surface area (Å²) in [7, 11) is 0. The largest absolute Gasteiger partial charge is 0.508 e. The van der Waals surface area contributed by atoms with Gasteiger partial charge in [0.15, 0.2) is 0 Å². The highest BCUT2D eigenvalue weighted by atomic mass is 16.3. The summed E-state index contributed by atoms with van der Waals surface area (Å²) in [5.74, 6) is 0.0733. The van der Waals surface area contributed by atoms with Crippen LogP contribution in [0.4, 0.5) is 5.69 Å². The standard InChI is InChI=1S/C19H21N3O2/c1-14(15-8-10-17(23)11-9-15)20-21-19(24)13-22-12-4-6-16-5-2-3-7-18(16)22/h2-3,5,7-11,23H,4,6,12-13H2,1H3,(H,21,24)/b20-14+. The van der Waals surface area contributed by atoms with E-state index in [1.165, 1.54) is 5.56 Å². The van der Waals surface area contributed by atoms with E-state index in [1.54, 1.807) is 24.3 Å². The highest BCUT2D eigenvalue weighted by Gasteiger charge is 2.18. The van der Waals surface area contributed by atoms with E-state index in [-0.39, 0.29) is 11.7 Å². The molecule has 0 fully saturated rings. The number of phenolic OH excluding ortho intramolecular Hbond substituents is 1. The number of fused-ring (bicyclic) bond motifs is 1. The number of aryl methyl sites for hydroxylation is 1. The minimum Gasteiger partial charge on any atom is -0.508 e. The molecule has 24 heavy (non-hydrogen) atoms. The van der Waals surface area contributed by atoms with Crippen LogP contribution in [0.1, 0.15) is 24.5 Å². The Morgan fingerprint density at radius 2 is 1.96 bits per heavy atom. The second-order valence-corrected chi connectivity index (χ2v) is 5.93. The molecule has 0 spiro atoms. The molecule has 3 rings (SSSR count). The van der Waals surface area contributed by atoms with Crippen molar-refractivity contribution < 1.29 is 9.90 Å². The van der Waals surface area contributed by atoms with Crippen molar-refractivity contribution in [3.05, 3.63) is 59.7 Å². The quantitative estimate of drug-likeness (QED) is 0.671. The fourth-order valence-corrected chi connectivity index (χ4v) is 2.90. The summed E-state index contributed by atoms with van der Waals surface area (Å²) in [4.78, 5) is 14.3. The molecule has 1 aliphatic heterocycles. The lowest BCUT2D eigenvalue weighted by Crippen LogP contribution is -2.38. The van der Waals surface area contributed by atoms with Crippen LogP contribution in [0.15, 0.2) is 53.6 Å². The van der Waals surface area contributed by atoms with E-state index in [9.17, 15) is 9.90 Å². The van der Waals surface area contributed by atoms with Crippen molar-refractivity contribution in [1.82, 2.24) is 5.43 Å². The van der Waals surface area contributed by atoms with E-state index < -0.39 is 0 Å². The number of para-hydroxylation sites is 1. The van der Waals surface area contributed by atoms with Gasteiger partial charge in [0.2, 0.25) is 0 Å². The number of nitrogens with zero attached hydrogens (tertiary/aromatic N) is 2. The van der Waals surface area contributed by atoms with Gasteiger partial charge < -0.3 is 10.0 Å². The SMILES string of the molecule is C/C(=N\NC(=O)CN1CCCc2ccccc21)c1ccc(O)cc1. The number of aromatic hydroxyl groups is 1. The van der Waals surface area contributed by atoms with Crippen molar-refractivity contribution >= 4 is 17.3 Å². The van der Waals surface area contributed by atoms with Gasteiger partial charge in [-0.05, 0) is 61.2 Å². The van der Waals surface area contributed by atoms with Gasteiger partial charge in [-0.2, -0.15) is 5.10 Å². The number of anilines is 1. The second-order valence-electron chi connectivity index (χ2n) is 5.93. The first-order chi connectivity index (χ1) is 11.6. The molecule has 0 aromatic heterocycles. The van der Waals surface area contributed by atoms with Crippen molar-refractivity contribution in [2.24, 2.45) is 5.10 Å². The Morgan fingerprint density at radius 1 is 1.21 bits per heavy atom. The van der Waals surface area contributed by atoms with Crippen LogP contribution in [0, 0.1) is 0 Å². The van der Waals surface area contributed by atoms with E-state index in [0.717, 1.165) is 30.6 Å². The van der Waals surface area contributed by atoms with Crippen LogP contribution in [0.3, 0.4) is 0 Å². The van der Waals surface area contributed by atoms with E-state index in [1.807, 2.05) is 19.1 Å². The monoisotopic (exact) mass is 323 g/mol. The Balaban J connectivity index is 1.62. The molecule has 0 unspecified atom stereocenters. The van der Waals surface area contributed by atoms with Gasteiger partial charge in [-0.25, -0.2) is 5.43 Å². The predicted molar refractivity (Wildman–Crippen MR) is 95.4 cm³/mol. The number of phenols is 1. The summed E-state index contributed by atoms with van der Waals surface area (Å²) >= 11 is 0. The first-order valence-electron chi connectivity index (χ1n) is 8.09. The highest BCUT2D eigenvalue weighted by molar-refractivity contribution is 5.99. The third-order valence-corrected chi connectivity index (χ3v) is 4.17. The molecule has 5 nitrogen and oxygen atoms in total. The molecule has 2 aromatic carbocycles. The number of hydrogen-bond acceptors (Lipinski definition) is 4. The Kier molecular flexibility index (Phi) is 4.79. The lowest BCUT2D eigenvalue weighted by atomic mass is 10.0. The fraction of sp³-hybridized carbons (Fsp3) is 0.263. The molecule has 2 aromatic rings. The number of nitrogens with one attached hydrogen (secondary N) is 1. The summed E-state index contributed by atoms with van der Waals surface area (Å²) in [6, 6.07) is 14.9. The molecule has 1 amide bonds. The zero-order valence-electron chi connectivity index (χ0n) is 13.7. The van der Waals surface area contributed by atoms with Gasteiger partial charge in [0.05, 0.1) is 12.3 Å². The molecule has 5 heteroatoms. The third-order valence-electron chi connectivity index (χ3n) is 4.17. The number of hydrazone groups is 1. The summed E-state index contributed by atoms with van der Waals surface area (Å²) in [5.41, 5.74) is 6.60. The van der Waals surface area contributed by atoms with Gasteiger partial charge in [-0.3, -0.25) is 4.79 Å². The van der Waals surface area contributed by atoms with Gasteiger partial charge >= 0.3 is 0 Å². The lowest BCUT2D eigenvalue weighted by molar-refractivity contribution is -0.119. The van der Waals surface area contributed by atoms with Gasteiger partial charge in [0.1, 0.15) is 5.75 Å². The van der Waals surface area contributed by atoms with E-state index >= 15 is 0 Å². The maximum Gasteiger partial charge on any atom is 0.259 e. The summed E-state index contributed by atoms with van der Waals surface area (Å²) < 4.78 is 0. The van der Waals surface area contributed by atoms with Crippen LogP contribution in [0.2, 0.25) is 0 Å². The zero-order valence-corrected chi connectivity index (χ0v) is 13.7. The number of amides is 1. The van der Waals surface area contributed by atoms with Gasteiger partial charge in [-0.15, -0.1) is 0 Å². The summed E-state index contributed by atoms with van der Waals surface area (Å²) in [6.45, 7) is 3.00. The van der Waals surface area contributed by atoms with E-state index in [2.05, 4.69) is 27.6 Å². The predicted octanol–water partition coefficient (Wildman–Crippen LogP) is 2.69. The first-order valence-corrected chi connectivity index (χ1v) is 8.09. The maximum atomic E-state index is 12.2. The number of benzene rings is 2. The van der Waals surface area contributed by atoms with Crippen LogP contribution in [0.5, 0.6) is 5.75 Å². The van der Waals surface area contributed by atoms with Crippen LogP contribution in [-0.4, -0.2) is 29.8 Å². The minimum absolute atomic E-state index is 0.134. The maximum absolute atomic E-state index is 12.2. The van der Waals surface area contributed by atoms with Crippen LogP contribution >= 0.6 is 0 Å². The normalized spacial score (nSPS) is 14.2. The molecule has 0 saturated carbocycles. The molecule has 1 aliphatic rings. The average Bonchev–Trinajstić information content (AvgIpc) is 2.61. The molecule has 0 aliphatic carbocycles. The molecule has 0 atom stereocenters. The molecule has 0 radical (unpaired) electrons. The van der Waals surface area contributed by atoms with Gasteiger partial charge in [0.25, 0.3) is 5.91 Å². The van der Waals surface area contributed by atoms with Crippen molar-refractivity contribution in [1.29, 1.82) is 0 Å². The molecule has 2 N–H and O–H groups in total. The average molecular weight is 323 g/mol. The Bertz CT molecular complexity index is 753. The Morgan fingerprint density at radius 3 is 2.75 bits per heavy atom. The molecular weight excluding hydrogens is 302 g/mol. The molecular formula is C19H21N3O2. The number of carbonyl (C=O) groups is 1. The molecule has 124 valence electrons. The fourth-order valence-electron chi connectivity index (χ4n) is 2.90. The van der Waals surface area contributed by atoms with Crippen molar-refractivity contribution in [3.63, 3.8) is 0 Å². The van der Waals surface area contributed by atoms with Crippen LogP contribution in [-0.2, 0) is 11.2 Å². The number of hydrogen-bond donors (Lipinski definition) is 2. The first kappa shape index (κ1) is 16.1. The highest BCUT2D eigenvalue weighted by Crippen LogP contribution is 2.26. The van der Waals surface area contributed by atoms with Gasteiger partial charge in [-0.1, -0.05) is 18.2 Å². The zero-order chi connectivity index (χ0) is 16.9. The van der Waals surface area contributed by atoms with E-state index in [4.69, 9.17) is 0 Å². The molecule has 1 heterocycles. The summed E-state index contributed by atoms with van der Waals surface area (Å²) in [6.07, 6.45) is 2.12. The number of rotatable bonds is 4. The van der Waals surface area contributed by atoms with Crippen molar-refractivity contribution in [2.45, 2.75) is 19.8 Å². The Labute approximate surface area is 141 Å². The molecule has 0 bridgehead atoms. The topological polar surface area (TPSA) is 64.9 Å². The van der Waals surface area contributed by atoms with Crippen molar-refractivity contribution in [3.8, 4) is 5.75 Å². The van der Waals surface area contributed by atoms with Crippen LogP contribution < -0.4 is 10.3 Å². The summed E-state index contributed by atoms with van der Waals surface area (Å²) in [5, 5.41) is 13.5. The lowest BCUT2D eigenvalue weighted by Gasteiger charge is -2.30. The van der Waals surface area contributed by atoms with Crippen LogP contribution in [0.25, 0.3) is 0 Å². The van der Waals surface area contributed by atoms with Crippen molar-refractivity contribution in [2.75, 3.05) is 18.0 Å². The smallest absolute Gasteiger partial charge is 0.259 e.